The standard InChI is InChI=1S/C6H8O2.C6H6O2.C6H6.6C2H6.O2/c2*7-5-3-1-2-4-6(5)8;1-2-4-6-5-3-1;7*1-2/h1-8H;1-4,7-8H;1-6H;6*1-2H3;/t5-,6+;;;;;;;;;. The SMILES string of the molecule is CC.CC.CC.CC.CC.CC.O=O.O[C@@H]1C=CC=C[C@@H]1O.Oc1ccccc1O.c1ccccc1. The van der Waals surface area contributed by atoms with E-state index in [9.17, 15) is 0 Å². The highest BCUT2D eigenvalue weighted by atomic mass is 16.7. The number of phenolic OH excluding ortho intramolecular Hbond substituents is 2. The average Bonchev–Trinajstić information content (AvgIpc) is 3.01. The smallest absolute Gasteiger partial charge is 0.157 e. The minimum Gasteiger partial charge on any atom is -0.504 e. The van der Waals surface area contributed by atoms with Crippen LogP contribution in [-0.2, 0) is 0 Å². The van der Waals surface area contributed by atoms with E-state index in [1.807, 2.05) is 119 Å². The molecular weight excluding hydrogens is 456 g/mol. The molecule has 0 aliphatic heterocycles. The van der Waals surface area contributed by atoms with E-state index in [4.69, 9.17) is 30.4 Å². The molecule has 0 heterocycles. The van der Waals surface area contributed by atoms with Gasteiger partial charge in [0.05, 0.1) is 0 Å². The Kier molecular flexibility index (Phi) is 80.8. The molecular formula is C30H56O6. The van der Waals surface area contributed by atoms with Gasteiger partial charge in [-0.2, -0.15) is 0 Å². The van der Waals surface area contributed by atoms with Crippen molar-refractivity contribution >= 4 is 0 Å². The van der Waals surface area contributed by atoms with Crippen LogP contribution in [0.15, 0.2) is 85.0 Å². The van der Waals surface area contributed by atoms with Gasteiger partial charge < -0.3 is 20.4 Å². The molecule has 36 heavy (non-hydrogen) atoms. The van der Waals surface area contributed by atoms with Crippen LogP contribution in [0.25, 0.3) is 0 Å². The third kappa shape index (κ3) is 44.7. The van der Waals surface area contributed by atoms with E-state index in [0.29, 0.717) is 0 Å². The van der Waals surface area contributed by atoms with E-state index in [1.54, 1.807) is 36.4 Å². The monoisotopic (exact) mass is 512 g/mol. The lowest BCUT2D eigenvalue weighted by atomic mass is 10.1. The Hall–Kier alpha value is -2.96. The maximum atomic E-state index is 8.79. The Labute approximate surface area is 222 Å². The lowest BCUT2D eigenvalue weighted by molar-refractivity contribution is 0.0794. The van der Waals surface area contributed by atoms with Gasteiger partial charge in [0.2, 0.25) is 0 Å². The van der Waals surface area contributed by atoms with Crippen LogP contribution in [0.2, 0.25) is 0 Å². The van der Waals surface area contributed by atoms with Gasteiger partial charge in [0.15, 0.2) is 11.5 Å². The second kappa shape index (κ2) is 58.2. The summed E-state index contributed by atoms with van der Waals surface area (Å²) in [6, 6.07) is 18.1. The van der Waals surface area contributed by atoms with E-state index in [-0.39, 0.29) is 11.5 Å². The molecule has 0 bridgehead atoms. The summed E-state index contributed by atoms with van der Waals surface area (Å²) in [6.07, 6.45) is 5.09. The van der Waals surface area contributed by atoms with Crippen LogP contribution in [0.3, 0.4) is 0 Å². The van der Waals surface area contributed by atoms with Gasteiger partial charge >= 0.3 is 0 Å². The second-order valence-electron chi connectivity index (χ2n) is 4.39. The van der Waals surface area contributed by atoms with Crippen molar-refractivity contribution in [3.8, 4) is 11.5 Å². The fourth-order valence-electron chi connectivity index (χ4n) is 1.43. The van der Waals surface area contributed by atoms with Gasteiger partial charge in [-0.15, -0.1) is 0 Å². The predicted octanol–water partition coefficient (Wildman–Crippen LogP) is 8.84. The summed E-state index contributed by atoms with van der Waals surface area (Å²) in [5.74, 6) is -0.153. The zero-order chi connectivity index (χ0) is 30.2. The summed E-state index contributed by atoms with van der Waals surface area (Å²) in [6.45, 7) is 24.0. The Morgan fingerprint density at radius 3 is 0.778 bits per heavy atom. The summed E-state index contributed by atoms with van der Waals surface area (Å²) < 4.78 is 0. The van der Waals surface area contributed by atoms with Crippen molar-refractivity contribution in [3.63, 3.8) is 0 Å². The van der Waals surface area contributed by atoms with Gasteiger partial charge in [-0.3, -0.25) is 0 Å². The number of aliphatic hydroxyl groups excluding tert-OH is 2. The van der Waals surface area contributed by atoms with Gasteiger partial charge in [-0.05, 0) is 12.1 Å². The number of allylic oxidation sites excluding steroid dienone is 2. The van der Waals surface area contributed by atoms with E-state index in [2.05, 4.69) is 0 Å². The first-order valence-corrected chi connectivity index (χ1v) is 13.0. The van der Waals surface area contributed by atoms with Crippen LogP contribution < -0.4 is 0 Å². The highest BCUT2D eigenvalue weighted by Gasteiger charge is 2.09. The third-order valence-corrected chi connectivity index (χ3v) is 2.63. The number of benzene rings is 2. The molecule has 0 unspecified atom stereocenters. The molecule has 2 aromatic carbocycles. The zero-order valence-electron chi connectivity index (χ0n) is 24.8. The number of aromatic hydroxyl groups is 2. The first-order valence-electron chi connectivity index (χ1n) is 13.0. The predicted molar refractivity (Wildman–Crippen MR) is 161 cm³/mol. The fourth-order valence-corrected chi connectivity index (χ4v) is 1.43. The van der Waals surface area contributed by atoms with Gasteiger partial charge in [-0.1, -0.05) is 156 Å². The Morgan fingerprint density at radius 2 is 0.639 bits per heavy atom. The molecule has 6 heteroatoms. The largest absolute Gasteiger partial charge is 0.504 e. The third-order valence-electron chi connectivity index (χ3n) is 2.63. The van der Waals surface area contributed by atoms with Crippen LogP contribution in [0.1, 0.15) is 83.1 Å². The van der Waals surface area contributed by atoms with E-state index < -0.39 is 12.2 Å². The van der Waals surface area contributed by atoms with Crippen LogP contribution in [0, 0.1) is 9.93 Å². The van der Waals surface area contributed by atoms with Crippen molar-refractivity contribution in [2.24, 2.45) is 0 Å². The van der Waals surface area contributed by atoms with E-state index in [1.165, 1.54) is 12.1 Å². The molecule has 4 N–H and O–H groups in total. The van der Waals surface area contributed by atoms with Crippen LogP contribution in [0.5, 0.6) is 11.5 Å². The number of para-hydroxylation sites is 2. The lowest BCUT2D eigenvalue weighted by Gasteiger charge is -2.11. The molecule has 3 rings (SSSR count). The molecule has 0 aromatic heterocycles. The van der Waals surface area contributed by atoms with E-state index in [0.717, 1.165) is 0 Å². The number of hydrogen-bond donors (Lipinski definition) is 4. The molecule has 0 saturated heterocycles. The molecule has 0 fully saturated rings. The van der Waals surface area contributed by atoms with Gasteiger partial charge in [0.25, 0.3) is 0 Å². The highest BCUT2D eigenvalue weighted by Crippen LogP contribution is 2.21. The molecule has 2 atom stereocenters. The molecule has 1 aliphatic carbocycles. The number of rotatable bonds is 0. The molecule has 6 nitrogen and oxygen atoms in total. The Balaban J connectivity index is -0.0000000567. The molecule has 1 aliphatic rings. The highest BCUT2D eigenvalue weighted by molar-refractivity contribution is 5.36. The number of aliphatic hydroxyl groups is 2. The average molecular weight is 513 g/mol. The first kappa shape index (κ1) is 50.0. The minimum atomic E-state index is -0.708. The van der Waals surface area contributed by atoms with Gasteiger partial charge in [0, 0.05) is 9.93 Å². The summed E-state index contributed by atoms with van der Waals surface area (Å²) in [5.41, 5.74) is 0. The summed E-state index contributed by atoms with van der Waals surface area (Å²) in [7, 11) is 0. The molecule has 0 saturated carbocycles. The molecule has 212 valence electrons. The Morgan fingerprint density at radius 1 is 0.444 bits per heavy atom. The topological polar surface area (TPSA) is 115 Å². The van der Waals surface area contributed by atoms with Crippen LogP contribution in [-0.4, -0.2) is 32.6 Å². The zero-order valence-corrected chi connectivity index (χ0v) is 24.8. The van der Waals surface area contributed by atoms with Crippen LogP contribution >= 0.6 is 0 Å². The second-order valence-corrected chi connectivity index (χ2v) is 4.39. The number of hydrogen-bond acceptors (Lipinski definition) is 6. The van der Waals surface area contributed by atoms with Crippen molar-refractivity contribution in [1.29, 1.82) is 0 Å². The van der Waals surface area contributed by atoms with Crippen molar-refractivity contribution < 1.29 is 20.4 Å². The fraction of sp³-hybridized carbons (Fsp3) is 0.467. The summed E-state index contributed by atoms with van der Waals surface area (Å²) >= 11 is 0. The van der Waals surface area contributed by atoms with Crippen molar-refractivity contribution in [2.75, 3.05) is 0 Å². The van der Waals surface area contributed by atoms with Gasteiger partial charge in [0.1, 0.15) is 12.2 Å². The Bertz CT molecular complexity index is 538. The van der Waals surface area contributed by atoms with Crippen LogP contribution in [0.4, 0.5) is 0 Å². The number of phenols is 2. The summed E-state index contributed by atoms with van der Waals surface area (Å²) in [5, 5.41) is 34.9. The summed E-state index contributed by atoms with van der Waals surface area (Å²) in [4.78, 5) is 14.0. The maximum absolute atomic E-state index is 8.79. The molecule has 0 radical (unpaired) electrons. The van der Waals surface area contributed by atoms with E-state index >= 15 is 0 Å². The van der Waals surface area contributed by atoms with Crippen molar-refractivity contribution in [1.82, 2.24) is 0 Å². The van der Waals surface area contributed by atoms with Crippen molar-refractivity contribution in [2.45, 2.75) is 95.3 Å². The van der Waals surface area contributed by atoms with Gasteiger partial charge in [-0.25, -0.2) is 0 Å². The molecule has 0 spiro atoms. The van der Waals surface area contributed by atoms with Crippen molar-refractivity contribution in [3.05, 3.63) is 94.9 Å². The maximum Gasteiger partial charge on any atom is 0.157 e. The normalized spacial score (nSPS) is 12.4. The molecule has 2 aromatic rings. The quantitative estimate of drug-likeness (QED) is 0.262. The molecule has 0 amide bonds. The first-order chi connectivity index (χ1) is 17.6. The lowest BCUT2D eigenvalue weighted by Crippen LogP contribution is -2.22. The minimum absolute atomic E-state index is 0.0764.